The summed E-state index contributed by atoms with van der Waals surface area (Å²) in [6, 6.07) is 0. The first kappa shape index (κ1) is 27.8. The number of alkyl halides is 9. The molecule has 1 heterocycles. The van der Waals surface area contributed by atoms with Gasteiger partial charge in [-0.1, -0.05) is 105 Å². The molecule has 8 aliphatic rings. The highest BCUT2D eigenvalue weighted by molar-refractivity contribution is 6.67. The highest BCUT2D eigenvalue weighted by atomic mass is 35.5. The average molecular weight is 754 g/mol. The van der Waals surface area contributed by atoms with Gasteiger partial charge in [-0.25, -0.2) is 0 Å². The molecular formula is C22H13Cl13O. The number of fused-ring (bicyclic) bond motifs is 17. The second-order valence-corrected chi connectivity index (χ2v) is 17.9. The number of hydrogen-bond donors (Lipinski definition) is 0. The maximum absolute atomic E-state index is 6.82. The number of epoxide rings is 1. The third-order valence-corrected chi connectivity index (χ3v) is 18.8. The lowest BCUT2D eigenvalue weighted by Crippen LogP contribution is -2.46. The van der Waals surface area contributed by atoms with Gasteiger partial charge in [0.1, 0.15) is 19.5 Å². The van der Waals surface area contributed by atoms with Crippen LogP contribution in [0.5, 0.6) is 0 Å². The largest absolute Gasteiger partial charge is 0.369 e. The van der Waals surface area contributed by atoms with Crippen molar-refractivity contribution >= 4 is 151 Å². The third kappa shape index (κ3) is 2.51. The standard InChI is InChI=1S/C12H8Cl6O.C10H5Cl7/c13-8-9(14)11(16)5-3-1-2(6-7(3)19-6)4(5)10(8,15)12(11,17)18;11-4-2-1-3-5(4)9(15)7(13)6(12)8(3,14)10(9,16)17/h2-7H,1H2;1-5H. The van der Waals surface area contributed by atoms with E-state index in [1.54, 1.807) is 0 Å². The van der Waals surface area contributed by atoms with Crippen molar-refractivity contribution in [3.63, 3.8) is 0 Å². The normalized spacial score (nSPS) is 61.0. The number of allylic oxidation sites excluding steroid dienone is 6. The van der Waals surface area contributed by atoms with Gasteiger partial charge in [-0.15, -0.1) is 58.0 Å². The minimum atomic E-state index is -1.48. The van der Waals surface area contributed by atoms with Crippen LogP contribution in [-0.4, -0.2) is 45.7 Å². The van der Waals surface area contributed by atoms with E-state index in [1.807, 2.05) is 12.2 Å². The van der Waals surface area contributed by atoms with Gasteiger partial charge >= 0.3 is 0 Å². The summed E-state index contributed by atoms with van der Waals surface area (Å²) in [5, 5.41) is 0.756. The van der Waals surface area contributed by atoms with Crippen LogP contribution in [0.1, 0.15) is 6.42 Å². The van der Waals surface area contributed by atoms with E-state index in [2.05, 4.69) is 0 Å². The molecule has 14 heteroatoms. The number of halogens is 13. The molecular weight excluding hydrogens is 741 g/mol. The summed E-state index contributed by atoms with van der Waals surface area (Å²) >= 11 is 84.0. The molecule has 0 aromatic heterocycles. The topological polar surface area (TPSA) is 12.5 Å². The van der Waals surface area contributed by atoms with E-state index >= 15 is 0 Å². The molecule has 0 aromatic carbocycles. The van der Waals surface area contributed by atoms with E-state index in [4.69, 9.17) is 156 Å². The van der Waals surface area contributed by atoms with Gasteiger partial charge in [0, 0.05) is 11.8 Å². The first-order chi connectivity index (χ1) is 16.5. The first-order valence-corrected chi connectivity index (χ1v) is 16.1. The van der Waals surface area contributed by atoms with Gasteiger partial charge in [-0.3, -0.25) is 0 Å². The van der Waals surface area contributed by atoms with Crippen molar-refractivity contribution in [2.45, 2.75) is 52.2 Å². The van der Waals surface area contributed by atoms with Crippen molar-refractivity contribution in [2.75, 3.05) is 0 Å². The molecule has 4 saturated carbocycles. The van der Waals surface area contributed by atoms with Crippen LogP contribution in [0.3, 0.4) is 0 Å². The first-order valence-electron chi connectivity index (χ1n) is 11.1. The summed E-state index contributed by atoms with van der Waals surface area (Å²) in [5.74, 6) is 0.306. The summed E-state index contributed by atoms with van der Waals surface area (Å²) in [6.07, 6.45) is 5.33. The number of hydrogen-bond acceptors (Lipinski definition) is 1. The molecule has 13 atom stereocenters. The van der Waals surface area contributed by atoms with E-state index in [9.17, 15) is 0 Å². The van der Waals surface area contributed by atoms with Crippen LogP contribution < -0.4 is 0 Å². The Bertz CT molecular complexity index is 1170. The molecule has 7 aliphatic carbocycles. The van der Waals surface area contributed by atoms with E-state index in [-0.39, 0.29) is 51.3 Å². The van der Waals surface area contributed by atoms with Crippen molar-refractivity contribution in [1.82, 2.24) is 0 Å². The summed E-state index contributed by atoms with van der Waals surface area (Å²) in [5.41, 5.74) is 0. The summed E-state index contributed by atoms with van der Waals surface area (Å²) in [7, 11) is 0. The molecule has 6 bridgehead atoms. The number of rotatable bonds is 0. The molecule has 0 radical (unpaired) electrons. The Morgan fingerprint density at radius 2 is 0.972 bits per heavy atom. The average Bonchev–Trinajstić information content (AvgIpc) is 2.96. The maximum Gasteiger partial charge on any atom is 0.167 e. The van der Waals surface area contributed by atoms with E-state index in [1.165, 1.54) is 0 Å². The minimum absolute atomic E-state index is 0.0467. The molecule has 36 heavy (non-hydrogen) atoms. The highest BCUT2D eigenvalue weighted by Gasteiger charge is 2.89. The van der Waals surface area contributed by atoms with Crippen molar-refractivity contribution in [2.24, 2.45) is 35.5 Å². The monoisotopic (exact) mass is 748 g/mol. The molecule has 0 N–H and O–H groups in total. The van der Waals surface area contributed by atoms with Crippen LogP contribution in [0.4, 0.5) is 0 Å². The van der Waals surface area contributed by atoms with Crippen molar-refractivity contribution in [1.29, 1.82) is 0 Å². The number of ether oxygens (including phenoxy) is 1. The van der Waals surface area contributed by atoms with Crippen LogP contribution in [-0.2, 0) is 4.74 Å². The Kier molecular flexibility index (Phi) is 5.95. The Hall–Kier alpha value is 2.95. The molecule has 13 unspecified atom stereocenters. The van der Waals surface area contributed by atoms with Crippen LogP contribution in [0.25, 0.3) is 0 Å². The lowest BCUT2D eigenvalue weighted by Gasteiger charge is -2.38. The summed E-state index contributed by atoms with van der Waals surface area (Å²) in [6.45, 7) is 0. The van der Waals surface area contributed by atoms with Gasteiger partial charge in [0.25, 0.3) is 0 Å². The van der Waals surface area contributed by atoms with Crippen molar-refractivity contribution < 1.29 is 4.74 Å². The zero-order chi connectivity index (χ0) is 26.3. The molecule has 0 spiro atoms. The molecule has 8 rings (SSSR count). The SMILES string of the molecule is ClC1=C(Cl)C2(Cl)C3C(Cl)C=CC3C1(Cl)C2(Cl)Cl.ClC1=C(Cl)C2(Cl)C3C4CC(C5OC45)C3C1(Cl)C2(Cl)Cl. The maximum atomic E-state index is 6.82. The molecule has 198 valence electrons. The molecule has 1 aliphatic heterocycles. The lowest BCUT2D eigenvalue weighted by atomic mass is 9.73. The van der Waals surface area contributed by atoms with E-state index in [0.717, 1.165) is 6.42 Å². The van der Waals surface area contributed by atoms with Gasteiger partial charge in [-0.05, 0) is 30.1 Å². The molecule has 1 saturated heterocycles. The minimum Gasteiger partial charge on any atom is -0.369 e. The second kappa shape index (κ2) is 7.72. The molecule has 0 aromatic rings. The predicted molar refractivity (Wildman–Crippen MR) is 154 cm³/mol. The smallest absolute Gasteiger partial charge is 0.167 e. The fraction of sp³-hybridized carbons (Fsp3) is 0.727. The van der Waals surface area contributed by atoms with Crippen LogP contribution >= 0.6 is 151 Å². The van der Waals surface area contributed by atoms with E-state index < -0.39 is 28.2 Å². The summed E-state index contributed by atoms with van der Waals surface area (Å²) < 4.78 is 2.86. The zero-order valence-electron chi connectivity index (χ0n) is 17.4. The third-order valence-electron chi connectivity index (χ3n) is 9.82. The Morgan fingerprint density at radius 1 is 0.583 bits per heavy atom. The van der Waals surface area contributed by atoms with Crippen molar-refractivity contribution in [3.8, 4) is 0 Å². The quantitative estimate of drug-likeness (QED) is 0.104. The van der Waals surface area contributed by atoms with Gasteiger partial charge in [0.2, 0.25) is 0 Å². The van der Waals surface area contributed by atoms with Gasteiger partial charge in [0.05, 0.1) is 37.7 Å². The lowest BCUT2D eigenvalue weighted by molar-refractivity contribution is 0.237. The van der Waals surface area contributed by atoms with Crippen LogP contribution in [0.15, 0.2) is 32.3 Å². The Morgan fingerprint density at radius 3 is 1.44 bits per heavy atom. The van der Waals surface area contributed by atoms with Gasteiger partial charge in [0.15, 0.2) is 8.67 Å². The molecule has 0 amide bonds. The highest BCUT2D eigenvalue weighted by Crippen LogP contribution is 2.84. The Labute approximate surface area is 272 Å². The van der Waals surface area contributed by atoms with Gasteiger partial charge < -0.3 is 4.74 Å². The zero-order valence-corrected chi connectivity index (χ0v) is 27.2. The van der Waals surface area contributed by atoms with Crippen LogP contribution in [0, 0.1) is 35.5 Å². The van der Waals surface area contributed by atoms with Crippen molar-refractivity contribution in [3.05, 3.63) is 32.3 Å². The predicted octanol–water partition coefficient (Wildman–Crippen LogP) is 9.72. The van der Waals surface area contributed by atoms with Crippen LogP contribution in [0.2, 0.25) is 0 Å². The second-order valence-electron chi connectivity index (χ2n) is 10.8. The Balaban J connectivity index is 0.000000124. The van der Waals surface area contributed by atoms with Gasteiger partial charge in [-0.2, -0.15) is 0 Å². The molecule has 5 fully saturated rings. The fourth-order valence-electron chi connectivity index (χ4n) is 8.38. The summed E-state index contributed by atoms with van der Waals surface area (Å²) in [4.78, 5) is -4.62. The van der Waals surface area contributed by atoms with E-state index in [0.29, 0.717) is 21.9 Å². The molecule has 1 nitrogen and oxygen atoms in total. The fourth-order valence-corrected chi connectivity index (χ4v) is 15.0.